The molecule has 0 aliphatic rings. The van der Waals surface area contributed by atoms with Gasteiger partial charge in [0.05, 0.1) is 17.9 Å². The largest absolute Gasteiger partial charge is 0.332 e. The van der Waals surface area contributed by atoms with Crippen LogP contribution in [0.3, 0.4) is 0 Å². The first kappa shape index (κ1) is 10.8. The van der Waals surface area contributed by atoms with Gasteiger partial charge in [0.2, 0.25) is 0 Å². The summed E-state index contributed by atoms with van der Waals surface area (Å²) in [6, 6.07) is 4.81. The number of carbonyl (C=O) groups excluding carboxylic acids is 1. The molecular formula is C11H8ClFN2O. The fraction of sp³-hybridized carbons (Fsp3) is 0.0909. The predicted octanol–water partition coefficient (Wildman–Crippen LogP) is 2.54. The van der Waals surface area contributed by atoms with Gasteiger partial charge in [0.15, 0.2) is 6.29 Å². The van der Waals surface area contributed by atoms with Crippen LogP contribution in [0.1, 0.15) is 16.1 Å². The highest BCUT2D eigenvalue weighted by atomic mass is 35.5. The lowest BCUT2D eigenvalue weighted by molar-refractivity contribution is 0.111. The minimum absolute atomic E-state index is 0.0910. The first-order valence-electron chi connectivity index (χ1n) is 4.60. The minimum Gasteiger partial charge on any atom is -0.332 e. The monoisotopic (exact) mass is 238 g/mol. The topological polar surface area (TPSA) is 34.9 Å². The second-order valence-corrected chi connectivity index (χ2v) is 3.71. The van der Waals surface area contributed by atoms with Gasteiger partial charge in [0.25, 0.3) is 0 Å². The molecule has 0 bridgehead atoms. The average Bonchev–Trinajstić information content (AvgIpc) is 2.73. The van der Waals surface area contributed by atoms with E-state index in [4.69, 9.17) is 11.6 Å². The first-order valence-corrected chi connectivity index (χ1v) is 4.98. The zero-order valence-corrected chi connectivity index (χ0v) is 8.99. The Morgan fingerprint density at radius 1 is 1.50 bits per heavy atom. The van der Waals surface area contributed by atoms with Gasteiger partial charge in [-0.3, -0.25) is 4.79 Å². The van der Waals surface area contributed by atoms with Gasteiger partial charge in [-0.1, -0.05) is 23.7 Å². The van der Waals surface area contributed by atoms with Crippen LogP contribution in [-0.4, -0.2) is 15.8 Å². The minimum atomic E-state index is -0.439. The van der Waals surface area contributed by atoms with Gasteiger partial charge in [-0.05, 0) is 6.07 Å². The molecule has 5 heteroatoms. The molecule has 0 spiro atoms. The summed E-state index contributed by atoms with van der Waals surface area (Å²) in [6.45, 7) is 0.299. The van der Waals surface area contributed by atoms with Gasteiger partial charge in [0.1, 0.15) is 11.5 Å². The number of aromatic nitrogens is 2. The maximum Gasteiger partial charge on any atom is 0.169 e. The van der Waals surface area contributed by atoms with E-state index in [1.165, 1.54) is 12.4 Å². The molecule has 1 heterocycles. The molecule has 82 valence electrons. The molecular weight excluding hydrogens is 231 g/mol. The van der Waals surface area contributed by atoms with E-state index in [2.05, 4.69) is 4.98 Å². The molecule has 0 fully saturated rings. The highest BCUT2D eigenvalue weighted by Crippen LogP contribution is 2.18. The van der Waals surface area contributed by atoms with Crippen LogP contribution >= 0.6 is 11.6 Å². The molecule has 2 aromatic rings. The summed E-state index contributed by atoms with van der Waals surface area (Å²) in [7, 11) is 0. The van der Waals surface area contributed by atoms with Crippen LogP contribution in [0.2, 0.25) is 5.02 Å². The predicted molar refractivity (Wildman–Crippen MR) is 58.1 cm³/mol. The molecule has 3 nitrogen and oxygen atoms in total. The Kier molecular flexibility index (Phi) is 3.01. The van der Waals surface area contributed by atoms with Crippen molar-refractivity contribution in [3.63, 3.8) is 0 Å². The normalized spacial score (nSPS) is 10.4. The number of nitrogens with zero attached hydrogens (tertiary/aromatic N) is 2. The van der Waals surface area contributed by atoms with Gasteiger partial charge in [-0.15, -0.1) is 0 Å². The number of hydrogen-bond acceptors (Lipinski definition) is 2. The molecule has 0 saturated heterocycles. The Bertz CT molecular complexity index is 524. The number of benzene rings is 1. The van der Waals surface area contributed by atoms with Crippen molar-refractivity contribution in [3.8, 4) is 0 Å². The number of aldehydes is 1. The van der Waals surface area contributed by atoms with E-state index < -0.39 is 5.82 Å². The quantitative estimate of drug-likeness (QED) is 0.771. The van der Waals surface area contributed by atoms with Crippen LogP contribution in [0, 0.1) is 5.82 Å². The lowest BCUT2D eigenvalue weighted by Crippen LogP contribution is -1.99. The van der Waals surface area contributed by atoms with Crippen LogP contribution < -0.4 is 0 Å². The third kappa shape index (κ3) is 2.12. The highest BCUT2D eigenvalue weighted by Gasteiger charge is 2.07. The third-order valence-electron chi connectivity index (χ3n) is 2.16. The molecule has 16 heavy (non-hydrogen) atoms. The Balaban J connectivity index is 2.26. The summed E-state index contributed by atoms with van der Waals surface area (Å²) in [5.74, 6) is -0.439. The number of carbonyl (C=O) groups is 1. The van der Waals surface area contributed by atoms with E-state index >= 15 is 0 Å². The standard InChI is InChI=1S/C11H8ClFN2O/c12-10-3-1-2-8(11(10)13)4-15-5-9(6-16)14-7-15/h1-3,5-7H,4H2. The van der Waals surface area contributed by atoms with Gasteiger partial charge in [0, 0.05) is 11.8 Å². The second-order valence-electron chi connectivity index (χ2n) is 3.30. The Hall–Kier alpha value is -1.68. The van der Waals surface area contributed by atoms with E-state index in [1.54, 1.807) is 22.9 Å². The molecule has 0 amide bonds. The van der Waals surface area contributed by atoms with Gasteiger partial charge in [-0.2, -0.15) is 0 Å². The molecule has 1 aromatic heterocycles. The number of halogens is 2. The zero-order valence-electron chi connectivity index (χ0n) is 8.23. The van der Waals surface area contributed by atoms with Gasteiger partial charge < -0.3 is 4.57 Å². The van der Waals surface area contributed by atoms with Crippen molar-refractivity contribution in [2.24, 2.45) is 0 Å². The summed E-state index contributed by atoms with van der Waals surface area (Å²) in [5.41, 5.74) is 0.782. The smallest absolute Gasteiger partial charge is 0.169 e. The van der Waals surface area contributed by atoms with Crippen LogP contribution in [0.4, 0.5) is 4.39 Å². The summed E-state index contributed by atoms with van der Waals surface area (Å²) < 4.78 is 15.2. The lowest BCUT2D eigenvalue weighted by atomic mass is 10.2. The second kappa shape index (κ2) is 4.45. The number of rotatable bonds is 3. The van der Waals surface area contributed by atoms with Crippen LogP contribution in [0.25, 0.3) is 0 Å². The van der Waals surface area contributed by atoms with Gasteiger partial charge in [-0.25, -0.2) is 9.37 Å². The van der Waals surface area contributed by atoms with E-state index in [0.29, 0.717) is 24.1 Å². The summed E-state index contributed by atoms with van der Waals surface area (Å²) >= 11 is 5.66. The summed E-state index contributed by atoms with van der Waals surface area (Å²) in [6.07, 6.45) is 3.67. The average molecular weight is 239 g/mol. The molecule has 0 atom stereocenters. The number of imidazole rings is 1. The fourth-order valence-electron chi connectivity index (χ4n) is 1.39. The molecule has 1 aromatic carbocycles. The van der Waals surface area contributed by atoms with Crippen LogP contribution in [-0.2, 0) is 6.54 Å². The maximum absolute atomic E-state index is 13.5. The van der Waals surface area contributed by atoms with E-state index in [0.717, 1.165) is 0 Å². The lowest BCUT2D eigenvalue weighted by Gasteiger charge is -2.04. The van der Waals surface area contributed by atoms with E-state index in [9.17, 15) is 9.18 Å². The Morgan fingerprint density at radius 3 is 3.00 bits per heavy atom. The summed E-state index contributed by atoms with van der Waals surface area (Å²) in [4.78, 5) is 14.2. The van der Waals surface area contributed by atoms with Crippen molar-refractivity contribution in [1.82, 2.24) is 9.55 Å². The van der Waals surface area contributed by atoms with Crippen LogP contribution in [0.5, 0.6) is 0 Å². The molecule has 0 N–H and O–H groups in total. The first-order chi connectivity index (χ1) is 7.70. The van der Waals surface area contributed by atoms with Crippen molar-refractivity contribution >= 4 is 17.9 Å². The van der Waals surface area contributed by atoms with Crippen molar-refractivity contribution in [2.45, 2.75) is 6.54 Å². The SMILES string of the molecule is O=Cc1cn(Cc2cccc(Cl)c2F)cn1. The zero-order chi connectivity index (χ0) is 11.5. The molecule has 0 unspecified atom stereocenters. The Morgan fingerprint density at radius 2 is 2.31 bits per heavy atom. The molecule has 0 saturated carbocycles. The third-order valence-corrected chi connectivity index (χ3v) is 2.45. The van der Waals surface area contributed by atoms with Crippen molar-refractivity contribution < 1.29 is 9.18 Å². The van der Waals surface area contributed by atoms with Crippen molar-refractivity contribution in [2.75, 3.05) is 0 Å². The van der Waals surface area contributed by atoms with E-state index in [-0.39, 0.29) is 5.02 Å². The van der Waals surface area contributed by atoms with E-state index in [1.807, 2.05) is 0 Å². The Labute approximate surface area is 96.5 Å². The maximum atomic E-state index is 13.5. The highest BCUT2D eigenvalue weighted by molar-refractivity contribution is 6.30. The fourth-order valence-corrected chi connectivity index (χ4v) is 1.59. The van der Waals surface area contributed by atoms with Crippen molar-refractivity contribution in [3.05, 3.63) is 52.8 Å². The summed E-state index contributed by atoms with van der Waals surface area (Å²) in [5, 5.41) is 0.0910. The van der Waals surface area contributed by atoms with Crippen molar-refractivity contribution in [1.29, 1.82) is 0 Å². The molecule has 0 aliphatic heterocycles. The number of hydrogen-bond donors (Lipinski definition) is 0. The van der Waals surface area contributed by atoms with Gasteiger partial charge >= 0.3 is 0 Å². The molecule has 0 radical (unpaired) electrons. The van der Waals surface area contributed by atoms with Crippen LogP contribution in [0.15, 0.2) is 30.7 Å². The molecule has 2 rings (SSSR count). The molecule has 0 aliphatic carbocycles.